The number of hydrogen-bond donors (Lipinski definition) is 0. The van der Waals surface area contributed by atoms with Crippen LogP contribution in [0.3, 0.4) is 0 Å². The molecule has 16 heavy (non-hydrogen) atoms. The molecule has 0 radical (unpaired) electrons. The van der Waals surface area contributed by atoms with E-state index >= 15 is 0 Å². The second-order valence-corrected chi connectivity index (χ2v) is 4.89. The first-order chi connectivity index (χ1) is 7.70. The number of fused-ring (bicyclic) bond motifs is 2. The van der Waals surface area contributed by atoms with Gasteiger partial charge < -0.3 is 9.47 Å². The zero-order chi connectivity index (χ0) is 11.5. The van der Waals surface area contributed by atoms with Gasteiger partial charge in [-0.25, -0.2) is 4.79 Å². The molecule has 3 heteroatoms. The lowest BCUT2D eigenvalue weighted by molar-refractivity contribution is -0.144. The van der Waals surface area contributed by atoms with Gasteiger partial charge in [0.2, 0.25) is 0 Å². The van der Waals surface area contributed by atoms with Crippen molar-refractivity contribution in [3.8, 4) is 0 Å². The summed E-state index contributed by atoms with van der Waals surface area (Å²) in [6.07, 6.45) is 5.96. The van der Waals surface area contributed by atoms with Gasteiger partial charge >= 0.3 is 5.97 Å². The molecule has 0 spiro atoms. The van der Waals surface area contributed by atoms with E-state index in [0.29, 0.717) is 12.5 Å². The van der Waals surface area contributed by atoms with Crippen molar-refractivity contribution in [2.24, 2.45) is 11.8 Å². The van der Waals surface area contributed by atoms with Crippen molar-refractivity contribution in [1.82, 2.24) is 0 Å². The van der Waals surface area contributed by atoms with Gasteiger partial charge in [-0.15, -0.1) is 0 Å². The predicted octanol–water partition coefficient (Wildman–Crippen LogP) is 2.66. The summed E-state index contributed by atoms with van der Waals surface area (Å²) in [5.41, 5.74) is 0. The molecular weight excluding hydrogens is 204 g/mol. The lowest BCUT2D eigenvalue weighted by atomic mass is 9.98. The molecule has 0 N–H and O–H groups in total. The topological polar surface area (TPSA) is 35.5 Å². The first-order valence-electron chi connectivity index (χ1n) is 6.23. The van der Waals surface area contributed by atoms with E-state index < -0.39 is 5.97 Å². The van der Waals surface area contributed by atoms with E-state index in [2.05, 4.69) is 6.58 Å². The summed E-state index contributed by atoms with van der Waals surface area (Å²) in [5.74, 6) is 1.24. The van der Waals surface area contributed by atoms with Crippen LogP contribution in [-0.4, -0.2) is 18.7 Å². The molecule has 2 rings (SSSR count). The van der Waals surface area contributed by atoms with E-state index in [1.165, 1.54) is 19.3 Å². The molecule has 0 amide bonds. The van der Waals surface area contributed by atoms with E-state index in [4.69, 9.17) is 9.47 Å². The van der Waals surface area contributed by atoms with Gasteiger partial charge in [-0.1, -0.05) is 6.92 Å². The lowest BCUT2D eigenvalue weighted by Crippen LogP contribution is -2.23. The molecule has 3 atom stereocenters. The number of esters is 1. The highest BCUT2D eigenvalue weighted by Crippen LogP contribution is 2.46. The van der Waals surface area contributed by atoms with Crippen LogP contribution < -0.4 is 0 Å². The van der Waals surface area contributed by atoms with Crippen LogP contribution in [0.1, 0.15) is 39.0 Å². The van der Waals surface area contributed by atoms with Gasteiger partial charge in [-0.2, -0.15) is 0 Å². The van der Waals surface area contributed by atoms with Gasteiger partial charge in [0.1, 0.15) is 6.10 Å². The van der Waals surface area contributed by atoms with Crippen molar-refractivity contribution in [3.63, 3.8) is 0 Å². The molecule has 0 saturated heterocycles. The molecule has 0 aromatic heterocycles. The van der Waals surface area contributed by atoms with Gasteiger partial charge in [-0.05, 0) is 50.5 Å². The van der Waals surface area contributed by atoms with Crippen molar-refractivity contribution in [1.29, 1.82) is 0 Å². The summed E-state index contributed by atoms with van der Waals surface area (Å²) in [6, 6.07) is 0. The van der Waals surface area contributed by atoms with Gasteiger partial charge in [-0.3, -0.25) is 0 Å². The average molecular weight is 224 g/mol. The maximum atomic E-state index is 11.4. The quantitative estimate of drug-likeness (QED) is 0.409. The summed E-state index contributed by atoms with van der Waals surface area (Å²) >= 11 is 0. The first-order valence-corrected chi connectivity index (χ1v) is 6.23. The average Bonchev–Trinajstić information content (AvgIpc) is 2.87. The molecule has 0 heterocycles. The number of carbonyl (C=O) groups is 1. The summed E-state index contributed by atoms with van der Waals surface area (Å²) in [4.78, 5) is 11.4. The van der Waals surface area contributed by atoms with Crippen molar-refractivity contribution in [2.75, 3.05) is 6.61 Å². The second-order valence-electron chi connectivity index (χ2n) is 4.89. The Kier molecular flexibility index (Phi) is 3.52. The van der Waals surface area contributed by atoms with E-state index in [9.17, 15) is 4.79 Å². The Labute approximate surface area is 96.8 Å². The summed E-state index contributed by atoms with van der Waals surface area (Å²) in [5, 5.41) is 0. The van der Waals surface area contributed by atoms with Gasteiger partial charge in [0, 0.05) is 0 Å². The standard InChI is InChI=1S/C13H20O3/c1-3-6-15-13(14)9(2)16-12-8-10-4-5-11(12)7-10/h10-12H,2-8H2,1H3. The van der Waals surface area contributed by atoms with Gasteiger partial charge in [0.25, 0.3) is 0 Å². The summed E-state index contributed by atoms with van der Waals surface area (Å²) < 4.78 is 10.6. The second kappa shape index (κ2) is 4.89. The summed E-state index contributed by atoms with van der Waals surface area (Å²) in [6.45, 7) is 6.07. The third-order valence-electron chi connectivity index (χ3n) is 3.63. The van der Waals surface area contributed by atoms with Crippen LogP contribution in [0.5, 0.6) is 0 Å². The maximum absolute atomic E-state index is 11.4. The number of rotatable bonds is 5. The van der Waals surface area contributed by atoms with Crippen LogP contribution in [0.15, 0.2) is 12.3 Å². The molecule has 2 saturated carbocycles. The minimum atomic E-state index is -0.398. The fraction of sp³-hybridized carbons (Fsp3) is 0.769. The molecule has 3 unspecified atom stereocenters. The fourth-order valence-corrected chi connectivity index (χ4v) is 2.84. The molecule has 2 aliphatic rings. The largest absolute Gasteiger partial charge is 0.483 e. The zero-order valence-electron chi connectivity index (χ0n) is 9.91. The third kappa shape index (κ3) is 2.39. The summed E-state index contributed by atoms with van der Waals surface area (Å²) in [7, 11) is 0. The van der Waals surface area contributed by atoms with Crippen molar-refractivity contribution >= 4 is 5.97 Å². The van der Waals surface area contributed by atoms with Crippen molar-refractivity contribution < 1.29 is 14.3 Å². The highest BCUT2D eigenvalue weighted by molar-refractivity contribution is 5.85. The molecule has 2 aliphatic carbocycles. The number of hydrogen-bond acceptors (Lipinski definition) is 3. The smallest absolute Gasteiger partial charge is 0.372 e. The Balaban J connectivity index is 1.77. The van der Waals surface area contributed by atoms with E-state index in [1.807, 2.05) is 6.92 Å². The Morgan fingerprint density at radius 2 is 2.19 bits per heavy atom. The van der Waals surface area contributed by atoms with Crippen LogP contribution in [0.4, 0.5) is 0 Å². The zero-order valence-corrected chi connectivity index (χ0v) is 9.91. The predicted molar refractivity (Wildman–Crippen MR) is 60.7 cm³/mol. The van der Waals surface area contributed by atoms with Crippen LogP contribution in [0, 0.1) is 11.8 Å². The monoisotopic (exact) mass is 224 g/mol. The fourth-order valence-electron chi connectivity index (χ4n) is 2.84. The van der Waals surface area contributed by atoms with E-state index in [-0.39, 0.29) is 11.9 Å². The molecule has 2 bridgehead atoms. The van der Waals surface area contributed by atoms with E-state index in [1.54, 1.807) is 0 Å². The molecule has 0 aliphatic heterocycles. The van der Waals surface area contributed by atoms with Crippen molar-refractivity contribution in [3.05, 3.63) is 12.3 Å². The van der Waals surface area contributed by atoms with Crippen LogP contribution in [0.2, 0.25) is 0 Å². The highest BCUT2D eigenvalue weighted by Gasteiger charge is 2.41. The lowest BCUT2D eigenvalue weighted by Gasteiger charge is -2.23. The van der Waals surface area contributed by atoms with Crippen molar-refractivity contribution in [2.45, 2.75) is 45.1 Å². The van der Waals surface area contributed by atoms with Crippen LogP contribution >= 0.6 is 0 Å². The Bertz CT molecular complexity index is 285. The van der Waals surface area contributed by atoms with Crippen LogP contribution in [-0.2, 0) is 14.3 Å². The Morgan fingerprint density at radius 3 is 2.75 bits per heavy atom. The van der Waals surface area contributed by atoms with Gasteiger partial charge in [0.05, 0.1) is 6.61 Å². The SMILES string of the molecule is C=C(OC1CC2CCC1C2)C(=O)OCCC. The Morgan fingerprint density at radius 1 is 1.38 bits per heavy atom. The molecular formula is C13H20O3. The highest BCUT2D eigenvalue weighted by atomic mass is 16.6. The maximum Gasteiger partial charge on any atom is 0.372 e. The molecule has 90 valence electrons. The molecule has 0 aromatic carbocycles. The molecule has 3 nitrogen and oxygen atoms in total. The minimum Gasteiger partial charge on any atom is -0.483 e. The minimum absolute atomic E-state index is 0.186. The molecule has 0 aromatic rings. The molecule has 2 fully saturated rings. The van der Waals surface area contributed by atoms with Gasteiger partial charge in [0.15, 0.2) is 5.76 Å². The van der Waals surface area contributed by atoms with E-state index in [0.717, 1.165) is 18.8 Å². The Hall–Kier alpha value is -0.990. The first kappa shape index (κ1) is 11.5. The van der Waals surface area contributed by atoms with Crippen LogP contribution in [0.25, 0.3) is 0 Å². The third-order valence-corrected chi connectivity index (χ3v) is 3.63. The number of ether oxygens (including phenoxy) is 2. The number of carbonyl (C=O) groups excluding carboxylic acids is 1. The normalized spacial score (nSPS) is 31.4.